The predicted molar refractivity (Wildman–Crippen MR) is 138 cm³/mol. The maximum absolute atomic E-state index is 13.7. The van der Waals surface area contributed by atoms with Crippen LogP contribution in [-0.4, -0.2) is 33.1 Å². The van der Waals surface area contributed by atoms with Gasteiger partial charge in [-0.1, -0.05) is 0 Å². The summed E-state index contributed by atoms with van der Waals surface area (Å²) in [5.41, 5.74) is 0.693. The third-order valence-electron chi connectivity index (χ3n) is 6.01. The fraction of sp³-hybridized carbons (Fsp3) is 0.172. The van der Waals surface area contributed by atoms with Gasteiger partial charge in [-0.05, 0) is 73.7 Å². The number of hydrogen-bond donors (Lipinski definition) is 1. The monoisotopic (exact) mass is 539 g/mol. The number of ketones is 1. The Bertz CT molecular complexity index is 1510. The molecule has 1 heterocycles. The van der Waals surface area contributed by atoms with Gasteiger partial charge < -0.3 is 23.9 Å². The summed E-state index contributed by atoms with van der Waals surface area (Å²) in [4.78, 5) is 26.3. The number of furan rings is 1. The summed E-state index contributed by atoms with van der Waals surface area (Å²) in [5.74, 6) is 0.0261. The average molecular weight is 540 g/mol. The molecule has 1 N–H and O–H groups in total. The molecule has 0 bridgehead atoms. The lowest BCUT2D eigenvalue weighted by molar-refractivity contribution is -0.137. The number of halogens is 3. The number of alkyl halides is 3. The summed E-state index contributed by atoms with van der Waals surface area (Å²) in [6.45, 7) is 1.55. The molecule has 0 unspecified atom stereocenters. The zero-order valence-electron chi connectivity index (χ0n) is 21.4. The minimum atomic E-state index is -4.46. The summed E-state index contributed by atoms with van der Waals surface area (Å²) in [6, 6.07) is 15.8. The van der Waals surface area contributed by atoms with Crippen LogP contribution in [0.3, 0.4) is 0 Å². The van der Waals surface area contributed by atoms with Crippen LogP contribution in [0.2, 0.25) is 0 Å². The molecule has 3 aromatic carbocycles. The van der Waals surface area contributed by atoms with Crippen LogP contribution in [0.5, 0.6) is 11.5 Å². The maximum atomic E-state index is 13.7. The first kappa shape index (κ1) is 27.3. The normalized spacial score (nSPS) is 11.2. The number of hydrogen-bond acceptors (Lipinski definition) is 7. The Kier molecular flexibility index (Phi) is 7.66. The van der Waals surface area contributed by atoms with Gasteiger partial charge in [0, 0.05) is 16.8 Å². The second-order valence-corrected chi connectivity index (χ2v) is 8.40. The van der Waals surface area contributed by atoms with Crippen LogP contribution < -0.4 is 14.8 Å². The highest BCUT2D eigenvalue weighted by Crippen LogP contribution is 2.39. The van der Waals surface area contributed by atoms with Crippen molar-refractivity contribution >= 4 is 23.1 Å². The second-order valence-electron chi connectivity index (χ2n) is 8.40. The first-order chi connectivity index (χ1) is 18.6. The van der Waals surface area contributed by atoms with Gasteiger partial charge in [-0.15, -0.1) is 0 Å². The van der Waals surface area contributed by atoms with Gasteiger partial charge in [0.1, 0.15) is 28.6 Å². The molecule has 202 valence electrons. The molecular weight excluding hydrogens is 515 g/mol. The molecule has 0 amide bonds. The van der Waals surface area contributed by atoms with Crippen LogP contribution in [0.15, 0.2) is 71.1 Å². The van der Waals surface area contributed by atoms with Crippen molar-refractivity contribution in [3.63, 3.8) is 0 Å². The standard InChI is InChI=1S/C29H24F3NO6/c1-16-24(28(35)38-4)25(26(34)17-5-12-21(36-2)13-6-17)27(39-16)18-7-14-23(37-3)22(15-18)33-20-10-8-19(9-11-20)29(30,31)32/h5-15,33H,1-4H3. The molecule has 0 aliphatic rings. The van der Waals surface area contributed by atoms with Crippen LogP contribution in [0.25, 0.3) is 11.3 Å². The molecule has 0 fully saturated rings. The van der Waals surface area contributed by atoms with Gasteiger partial charge in [0.25, 0.3) is 0 Å². The van der Waals surface area contributed by atoms with Crippen molar-refractivity contribution in [3.8, 4) is 22.8 Å². The predicted octanol–water partition coefficient (Wildman–Crippen LogP) is 7.05. The van der Waals surface area contributed by atoms with E-state index in [0.717, 1.165) is 12.1 Å². The van der Waals surface area contributed by atoms with Crippen molar-refractivity contribution in [1.82, 2.24) is 0 Å². The smallest absolute Gasteiger partial charge is 0.416 e. The number of nitrogens with one attached hydrogen (secondary N) is 1. The highest BCUT2D eigenvalue weighted by molar-refractivity contribution is 6.18. The number of carbonyl (C=O) groups is 2. The summed E-state index contributed by atoms with van der Waals surface area (Å²) < 4.78 is 60.3. The first-order valence-corrected chi connectivity index (χ1v) is 11.6. The Labute approximate surface area is 222 Å². The van der Waals surface area contributed by atoms with Gasteiger partial charge in [-0.3, -0.25) is 4.79 Å². The zero-order valence-corrected chi connectivity index (χ0v) is 21.4. The Balaban J connectivity index is 1.81. The van der Waals surface area contributed by atoms with Crippen molar-refractivity contribution < 1.29 is 41.4 Å². The van der Waals surface area contributed by atoms with E-state index in [2.05, 4.69) is 5.32 Å². The lowest BCUT2D eigenvalue weighted by Crippen LogP contribution is -2.11. The van der Waals surface area contributed by atoms with E-state index < -0.39 is 23.5 Å². The first-order valence-electron chi connectivity index (χ1n) is 11.6. The number of aryl methyl sites for hydroxylation is 1. The molecule has 0 radical (unpaired) electrons. The van der Waals surface area contributed by atoms with Crippen LogP contribution in [0, 0.1) is 6.92 Å². The number of rotatable bonds is 8. The number of benzene rings is 3. The number of ether oxygens (including phenoxy) is 3. The number of anilines is 2. The molecule has 0 saturated carbocycles. The highest BCUT2D eigenvalue weighted by atomic mass is 19.4. The molecule has 0 aliphatic carbocycles. The molecule has 0 aliphatic heterocycles. The molecule has 10 heteroatoms. The van der Waals surface area contributed by atoms with Gasteiger partial charge in [0.05, 0.1) is 38.1 Å². The fourth-order valence-corrected chi connectivity index (χ4v) is 4.04. The quantitative estimate of drug-likeness (QED) is 0.190. The van der Waals surface area contributed by atoms with Crippen LogP contribution in [0.4, 0.5) is 24.5 Å². The Hall–Kier alpha value is -4.73. The Morgan fingerprint density at radius 2 is 1.51 bits per heavy atom. The maximum Gasteiger partial charge on any atom is 0.416 e. The number of esters is 1. The van der Waals surface area contributed by atoms with Crippen molar-refractivity contribution in [3.05, 3.63) is 94.7 Å². The van der Waals surface area contributed by atoms with Crippen molar-refractivity contribution in [2.75, 3.05) is 26.6 Å². The summed E-state index contributed by atoms with van der Waals surface area (Å²) >= 11 is 0. The van der Waals surface area contributed by atoms with E-state index in [1.165, 1.54) is 33.5 Å². The lowest BCUT2D eigenvalue weighted by atomic mass is 9.95. The van der Waals surface area contributed by atoms with E-state index in [4.69, 9.17) is 18.6 Å². The number of carbonyl (C=O) groups excluding carboxylic acids is 2. The van der Waals surface area contributed by atoms with Gasteiger partial charge >= 0.3 is 12.1 Å². The molecule has 7 nitrogen and oxygen atoms in total. The largest absolute Gasteiger partial charge is 0.497 e. The fourth-order valence-electron chi connectivity index (χ4n) is 4.04. The molecule has 0 spiro atoms. The van der Waals surface area contributed by atoms with Crippen LogP contribution in [-0.2, 0) is 10.9 Å². The van der Waals surface area contributed by atoms with Crippen LogP contribution >= 0.6 is 0 Å². The Morgan fingerprint density at radius 1 is 0.846 bits per heavy atom. The minimum absolute atomic E-state index is 0.00941. The molecule has 4 rings (SSSR count). The van der Waals surface area contributed by atoms with Crippen molar-refractivity contribution in [2.24, 2.45) is 0 Å². The minimum Gasteiger partial charge on any atom is -0.497 e. The zero-order chi connectivity index (χ0) is 28.3. The van der Waals surface area contributed by atoms with E-state index in [0.29, 0.717) is 34.0 Å². The van der Waals surface area contributed by atoms with E-state index in [-0.39, 0.29) is 22.6 Å². The SMILES string of the molecule is COC(=O)c1c(C)oc(-c2ccc(OC)c(Nc3ccc(C(F)(F)F)cc3)c2)c1C(=O)c1ccc(OC)cc1. The van der Waals surface area contributed by atoms with Gasteiger partial charge in [-0.2, -0.15) is 13.2 Å². The molecular formula is C29H24F3NO6. The van der Waals surface area contributed by atoms with E-state index in [1.807, 2.05) is 0 Å². The Morgan fingerprint density at radius 3 is 2.08 bits per heavy atom. The summed E-state index contributed by atoms with van der Waals surface area (Å²) in [5, 5.41) is 3.04. The second kappa shape index (κ2) is 10.9. The average Bonchev–Trinajstić information content (AvgIpc) is 3.28. The van der Waals surface area contributed by atoms with Crippen molar-refractivity contribution in [2.45, 2.75) is 13.1 Å². The third-order valence-corrected chi connectivity index (χ3v) is 6.01. The molecule has 1 aromatic heterocycles. The van der Waals surface area contributed by atoms with E-state index in [9.17, 15) is 22.8 Å². The molecule has 39 heavy (non-hydrogen) atoms. The highest BCUT2D eigenvalue weighted by Gasteiger charge is 2.31. The molecule has 0 saturated heterocycles. The van der Waals surface area contributed by atoms with Crippen LogP contribution in [0.1, 0.15) is 37.6 Å². The van der Waals surface area contributed by atoms with Gasteiger partial charge in [-0.25, -0.2) is 4.79 Å². The number of methoxy groups -OCH3 is 3. The van der Waals surface area contributed by atoms with Gasteiger partial charge in [0.2, 0.25) is 0 Å². The molecule has 0 atom stereocenters. The topological polar surface area (TPSA) is 87.0 Å². The van der Waals surface area contributed by atoms with E-state index >= 15 is 0 Å². The molecule has 4 aromatic rings. The summed E-state index contributed by atoms with van der Waals surface area (Å²) in [7, 11) is 4.15. The lowest BCUT2D eigenvalue weighted by Gasteiger charge is -2.14. The van der Waals surface area contributed by atoms with Crippen molar-refractivity contribution in [1.29, 1.82) is 0 Å². The van der Waals surface area contributed by atoms with E-state index in [1.54, 1.807) is 49.4 Å². The van der Waals surface area contributed by atoms with Gasteiger partial charge in [0.15, 0.2) is 5.78 Å². The third kappa shape index (κ3) is 5.59. The summed E-state index contributed by atoms with van der Waals surface area (Å²) in [6.07, 6.45) is -4.46.